The third kappa shape index (κ3) is 4.12. The molecular formula is C23H28N4O2. The lowest BCUT2D eigenvalue weighted by atomic mass is 10.0. The van der Waals surface area contributed by atoms with Crippen molar-refractivity contribution in [2.75, 3.05) is 39.3 Å². The molecule has 0 radical (unpaired) electrons. The van der Waals surface area contributed by atoms with Crippen molar-refractivity contribution in [3.05, 3.63) is 60.2 Å². The smallest absolute Gasteiger partial charge is 0.258 e. The van der Waals surface area contributed by atoms with Crippen LogP contribution in [-0.2, 0) is 6.54 Å². The largest absolute Gasteiger partial charge is 0.493 e. The van der Waals surface area contributed by atoms with Gasteiger partial charge in [-0.2, -0.15) is 0 Å². The molecule has 6 nitrogen and oxygen atoms in total. The number of ether oxygens (including phenoxy) is 1. The van der Waals surface area contributed by atoms with Crippen molar-refractivity contribution < 1.29 is 9.53 Å². The van der Waals surface area contributed by atoms with Crippen LogP contribution in [0.25, 0.3) is 10.8 Å². The molecule has 0 atom stereocenters. The van der Waals surface area contributed by atoms with E-state index in [1.165, 1.54) is 0 Å². The number of imidazole rings is 1. The van der Waals surface area contributed by atoms with Crippen molar-refractivity contribution in [1.29, 1.82) is 0 Å². The molecule has 4 rings (SSSR count). The number of benzene rings is 2. The minimum absolute atomic E-state index is 0.0651. The lowest BCUT2D eigenvalue weighted by Gasteiger charge is -2.35. The van der Waals surface area contributed by atoms with Crippen LogP contribution in [0.3, 0.4) is 0 Å². The first-order valence-electron chi connectivity index (χ1n) is 10.3. The molecule has 0 aliphatic carbocycles. The van der Waals surface area contributed by atoms with Gasteiger partial charge in [0.05, 0.1) is 12.2 Å². The Morgan fingerprint density at radius 3 is 2.59 bits per heavy atom. The summed E-state index contributed by atoms with van der Waals surface area (Å²) in [5.41, 5.74) is 0.687. The summed E-state index contributed by atoms with van der Waals surface area (Å²) in [4.78, 5) is 22.1. The van der Waals surface area contributed by atoms with Crippen LogP contribution in [-0.4, -0.2) is 64.6 Å². The average Bonchev–Trinajstić information content (AvgIpc) is 3.17. The highest BCUT2D eigenvalue weighted by molar-refractivity contribution is 6.09. The van der Waals surface area contributed by atoms with Crippen LogP contribution in [0.1, 0.15) is 23.1 Å². The molecule has 1 aromatic heterocycles. The molecule has 1 saturated heterocycles. The fraction of sp³-hybridized carbons (Fsp3) is 0.391. The third-order valence-corrected chi connectivity index (χ3v) is 5.64. The normalized spacial score (nSPS) is 15.0. The molecule has 0 bridgehead atoms. The number of nitrogens with zero attached hydrogens (tertiary/aromatic N) is 4. The molecule has 29 heavy (non-hydrogen) atoms. The van der Waals surface area contributed by atoms with Gasteiger partial charge in [0, 0.05) is 51.7 Å². The van der Waals surface area contributed by atoms with Crippen molar-refractivity contribution in [1.82, 2.24) is 19.4 Å². The number of hydrogen-bond donors (Lipinski definition) is 0. The van der Waals surface area contributed by atoms with E-state index in [9.17, 15) is 4.79 Å². The average molecular weight is 393 g/mol. The van der Waals surface area contributed by atoms with E-state index in [0.717, 1.165) is 55.9 Å². The standard InChI is InChI=1S/C23H28N4O2/c1-3-29-21-9-8-19-6-4-5-7-20(19)22(21)23(28)27-16-13-25(14-17-27)12-15-26-11-10-24-18(26)2/h4-11H,3,12-17H2,1-2H3. The summed E-state index contributed by atoms with van der Waals surface area (Å²) in [5.74, 6) is 1.78. The summed E-state index contributed by atoms with van der Waals surface area (Å²) in [6.45, 7) is 9.64. The van der Waals surface area contributed by atoms with Crippen LogP contribution in [0.5, 0.6) is 5.75 Å². The van der Waals surface area contributed by atoms with E-state index in [1.807, 2.05) is 67.5 Å². The molecule has 1 aliphatic rings. The molecule has 1 aliphatic heterocycles. The lowest BCUT2D eigenvalue weighted by Crippen LogP contribution is -2.49. The number of fused-ring (bicyclic) bond motifs is 1. The number of hydrogen-bond acceptors (Lipinski definition) is 4. The molecular weight excluding hydrogens is 364 g/mol. The molecule has 0 unspecified atom stereocenters. The van der Waals surface area contributed by atoms with Crippen molar-refractivity contribution >= 4 is 16.7 Å². The van der Waals surface area contributed by atoms with Crippen LogP contribution in [0.15, 0.2) is 48.8 Å². The van der Waals surface area contributed by atoms with Gasteiger partial charge in [-0.3, -0.25) is 9.69 Å². The Morgan fingerprint density at radius 2 is 1.86 bits per heavy atom. The van der Waals surface area contributed by atoms with Gasteiger partial charge < -0.3 is 14.2 Å². The zero-order valence-corrected chi connectivity index (χ0v) is 17.2. The van der Waals surface area contributed by atoms with E-state index in [-0.39, 0.29) is 5.91 Å². The second-order valence-electron chi connectivity index (χ2n) is 7.39. The van der Waals surface area contributed by atoms with Crippen molar-refractivity contribution in [2.45, 2.75) is 20.4 Å². The SMILES string of the molecule is CCOc1ccc2ccccc2c1C(=O)N1CCN(CCn2ccnc2C)CC1. The van der Waals surface area contributed by atoms with Crippen LogP contribution in [0.4, 0.5) is 0 Å². The van der Waals surface area contributed by atoms with Gasteiger partial charge in [0.15, 0.2) is 0 Å². The van der Waals surface area contributed by atoms with E-state index in [1.54, 1.807) is 0 Å². The van der Waals surface area contributed by atoms with Crippen LogP contribution < -0.4 is 4.74 Å². The maximum absolute atomic E-state index is 13.4. The van der Waals surface area contributed by atoms with Gasteiger partial charge in [0.2, 0.25) is 0 Å². The van der Waals surface area contributed by atoms with E-state index < -0.39 is 0 Å². The van der Waals surface area contributed by atoms with E-state index >= 15 is 0 Å². The highest BCUT2D eigenvalue weighted by Gasteiger charge is 2.26. The van der Waals surface area contributed by atoms with Crippen molar-refractivity contribution in [2.24, 2.45) is 0 Å². The summed E-state index contributed by atoms with van der Waals surface area (Å²) < 4.78 is 7.97. The Bertz CT molecular complexity index is 989. The maximum atomic E-state index is 13.4. The maximum Gasteiger partial charge on any atom is 0.258 e. The summed E-state index contributed by atoms with van der Waals surface area (Å²) >= 11 is 0. The zero-order valence-electron chi connectivity index (χ0n) is 17.2. The fourth-order valence-corrected chi connectivity index (χ4v) is 3.97. The second-order valence-corrected chi connectivity index (χ2v) is 7.39. The Morgan fingerprint density at radius 1 is 1.07 bits per heavy atom. The third-order valence-electron chi connectivity index (χ3n) is 5.64. The molecule has 1 fully saturated rings. The van der Waals surface area contributed by atoms with Gasteiger partial charge >= 0.3 is 0 Å². The van der Waals surface area contributed by atoms with Crippen LogP contribution in [0, 0.1) is 6.92 Å². The number of carbonyl (C=O) groups excluding carboxylic acids is 1. The van der Waals surface area contributed by atoms with Gasteiger partial charge in [-0.1, -0.05) is 30.3 Å². The van der Waals surface area contributed by atoms with Gasteiger partial charge in [0.25, 0.3) is 5.91 Å². The molecule has 0 spiro atoms. The second kappa shape index (κ2) is 8.66. The van der Waals surface area contributed by atoms with Crippen molar-refractivity contribution in [3.8, 4) is 5.75 Å². The highest BCUT2D eigenvalue weighted by Crippen LogP contribution is 2.29. The summed E-state index contributed by atoms with van der Waals surface area (Å²) in [6, 6.07) is 12.0. The van der Waals surface area contributed by atoms with Gasteiger partial charge in [-0.05, 0) is 30.7 Å². The van der Waals surface area contributed by atoms with E-state index in [0.29, 0.717) is 17.9 Å². The number of piperazine rings is 1. The number of amides is 1. The minimum atomic E-state index is 0.0651. The van der Waals surface area contributed by atoms with E-state index in [2.05, 4.69) is 14.5 Å². The molecule has 3 aromatic rings. The zero-order chi connectivity index (χ0) is 20.2. The predicted octanol–water partition coefficient (Wildman–Crippen LogP) is 3.20. The number of aryl methyl sites for hydroxylation is 1. The summed E-state index contributed by atoms with van der Waals surface area (Å²) in [7, 11) is 0. The molecule has 1 amide bonds. The molecule has 0 N–H and O–H groups in total. The van der Waals surface area contributed by atoms with Crippen molar-refractivity contribution in [3.63, 3.8) is 0 Å². The molecule has 152 valence electrons. The molecule has 2 aromatic carbocycles. The Hall–Kier alpha value is -2.86. The van der Waals surface area contributed by atoms with Gasteiger partial charge in [-0.25, -0.2) is 4.98 Å². The molecule has 2 heterocycles. The summed E-state index contributed by atoms with van der Waals surface area (Å²) in [6.07, 6.45) is 3.86. The fourth-order valence-electron chi connectivity index (χ4n) is 3.97. The Balaban J connectivity index is 1.46. The first kappa shape index (κ1) is 19.5. The first-order chi connectivity index (χ1) is 14.2. The number of rotatable bonds is 6. The topological polar surface area (TPSA) is 50.6 Å². The Labute approximate surface area is 171 Å². The highest BCUT2D eigenvalue weighted by atomic mass is 16.5. The van der Waals surface area contributed by atoms with E-state index in [4.69, 9.17) is 4.74 Å². The predicted molar refractivity (Wildman–Crippen MR) is 114 cm³/mol. The lowest BCUT2D eigenvalue weighted by molar-refractivity contribution is 0.0631. The number of carbonyl (C=O) groups is 1. The van der Waals surface area contributed by atoms with Gasteiger partial charge in [0.1, 0.15) is 11.6 Å². The quantitative estimate of drug-likeness (QED) is 0.646. The summed E-state index contributed by atoms with van der Waals surface area (Å²) in [5, 5.41) is 2.02. The van der Waals surface area contributed by atoms with Gasteiger partial charge in [-0.15, -0.1) is 0 Å². The molecule has 0 saturated carbocycles. The van der Waals surface area contributed by atoms with Crippen LogP contribution >= 0.6 is 0 Å². The molecule has 6 heteroatoms. The first-order valence-corrected chi connectivity index (χ1v) is 10.3. The number of aromatic nitrogens is 2. The monoisotopic (exact) mass is 392 g/mol. The Kier molecular flexibility index (Phi) is 5.81. The van der Waals surface area contributed by atoms with Crippen LogP contribution in [0.2, 0.25) is 0 Å². The minimum Gasteiger partial charge on any atom is -0.493 e.